The van der Waals surface area contributed by atoms with Gasteiger partial charge in [-0.05, 0) is 46.4 Å². The zero-order valence-corrected chi connectivity index (χ0v) is 33.2. The number of hydrogen-bond donors (Lipinski definition) is 0. The smallest absolute Gasteiger partial charge is 0.102 e. The van der Waals surface area contributed by atoms with Gasteiger partial charge < -0.3 is 0 Å². The van der Waals surface area contributed by atoms with Crippen molar-refractivity contribution in [3.05, 3.63) is 251 Å². The Hall–Kier alpha value is -7.92. The van der Waals surface area contributed by atoms with E-state index in [2.05, 4.69) is 128 Å². The molecule has 0 aliphatic carbocycles. The first-order valence-electron chi connectivity index (χ1n) is 20.2. The Bertz CT molecular complexity index is 2930. The number of aromatic nitrogens is 1. The summed E-state index contributed by atoms with van der Waals surface area (Å²) in [6, 6.07) is 75.4. The van der Waals surface area contributed by atoms with Crippen LogP contribution < -0.4 is 0 Å². The average molecular weight is 769 g/mol. The van der Waals surface area contributed by atoms with Crippen LogP contribution in [-0.4, -0.2) is 10.7 Å². The molecule has 1 aliphatic rings. The fourth-order valence-corrected chi connectivity index (χ4v) is 8.50. The van der Waals surface area contributed by atoms with Gasteiger partial charge in [0, 0.05) is 45.7 Å². The maximum Gasteiger partial charge on any atom is 0.102 e. The number of rotatable bonds is 9. The molecule has 284 valence electrons. The highest BCUT2D eigenvalue weighted by Crippen LogP contribution is 2.43. The highest BCUT2D eigenvalue weighted by atomic mass is 14.8. The molecule has 0 saturated carbocycles. The third kappa shape index (κ3) is 7.13. The van der Waals surface area contributed by atoms with Crippen molar-refractivity contribution < 1.29 is 0 Å². The highest BCUT2D eigenvalue weighted by Gasteiger charge is 2.33. The van der Waals surface area contributed by atoms with Crippen molar-refractivity contribution in [2.24, 2.45) is 4.99 Å². The second kappa shape index (κ2) is 16.5. The highest BCUT2D eigenvalue weighted by molar-refractivity contribution is 6.06. The second-order valence-electron chi connectivity index (χ2n) is 15.2. The lowest BCUT2D eigenvalue weighted by molar-refractivity contribution is 0.692. The lowest BCUT2D eigenvalue weighted by Gasteiger charge is -2.32. The van der Waals surface area contributed by atoms with Gasteiger partial charge in [-0.15, -0.1) is 0 Å². The second-order valence-corrected chi connectivity index (χ2v) is 15.2. The van der Waals surface area contributed by atoms with Gasteiger partial charge in [-0.1, -0.05) is 200 Å². The summed E-state index contributed by atoms with van der Waals surface area (Å²) in [5.74, 6) is -0.111. The van der Waals surface area contributed by atoms with E-state index in [-0.39, 0.29) is 5.92 Å². The van der Waals surface area contributed by atoms with Gasteiger partial charge in [-0.3, -0.25) is 4.99 Å². The molecule has 8 aromatic rings. The molecular formula is C56H40N4. The normalized spacial score (nSPS) is 14.7. The number of benzene rings is 7. The molecule has 0 spiro atoms. The van der Waals surface area contributed by atoms with Crippen LogP contribution >= 0.6 is 0 Å². The van der Waals surface area contributed by atoms with Gasteiger partial charge in [0.2, 0.25) is 0 Å². The third-order valence-electron chi connectivity index (χ3n) is 11.8. The van der Waals surface area contributed by atoms with Crippen LogP contribution in [0.3, 0.4) is 0 Å². The maximum atomic E-state index is 10.7. The van der Waals surface area contributed by atoms with E-state index in [1.807, 2.05) is 97.1 Å². The van der Waals surface area contributed by atoms with E-state index in [0.29, 0.717) is 28.9 Å². The van der Waals surface area contributed by atoms with Crippen molar-refractivity contribution in [3.8, 4) is 45.8 Å². The van der Waals surface area contributed by atoms with E-state index >= 15 is 0 Å². The van der Waals surface area contributed by atoms with Gasteiger partial charge in [0.05, 0.1) is 34.3 Å². The van der Waals surface area contributed by atoms with Crippen LogP contribution in [0, 0.1) is 22.7 Å². The number of allylic oxidation sites excluding steroid dienone is 1. The summed E-state index contributed by atoms with van der Waals surface area (Å²) >= 11 is 0. The van der Waals surface area contributed by atoms with Crippen molar-refractivity contribution in [1.82, 2.24) is 4.98 Å². The molecule has 0 fully saturated rings. The zero-order valence-electron chi connectivity index (χ0n) is 33.2. The van der Waals surface area contributed by atoms with Crippen molar-refractivity contribution in [1.29, 1.82) is 10.5 Å². The molecule has 4 heteroatoms. The summed E-state index contributed by atoms with van der Waals surface area (Å²) in [6.07, 6.45) is 0.649. The molecular weight excluding hydrogens is 729 g/mol. The molecule has 0 bridgehead atoms. The topological polar surface area (TPSA) is 72.8 Å². The van der Waals surface area contributed by atoms with Gasteiger partial charge in [-0.25, -0.2) is 4.98 Å². The van der Waals surface area contributed by atoms with E-state index in [0.717, 1.165) is 67.0 Å². The van der Waals surface area contributed by atoms with Gasteiger partial charge in [0.25, 0.3) is 0 Å². The Kier molecular flexibility index (Phi) is 10.4. The largest absolute Gasteiger partial charge is 0.251 e. The Balaban J connectivity index is 1.14. The molecule has 9 rings (SSSR count). The van der Waals surface area contributed by atoms with E-state index in [1.54, 1.807) is 0 Å². The summed E-state index contributed by atoms with van der Waals surface area (Å²) in [6.45, 7) is 2.26. The van der Waals surface area contributed by atoms with E-state index in [4.69, 9.17) is 9.98 Å². The minimum atomic E-state index is -0.547. The quantitative estimate of drug-likeness (QED) is 0.137. The van der Waals surface area contributed by atoms with E-state index < -0.39 is 5.41 Å². The molecule has 0 saturated heterocycles. The van der Waals surface area contributed by atoms with Crippen LogP contribution in [0.4, 0.5) is 0 Å². The van der Waals surface area contributed by atoms with Crippen molar-refractivity contribution >= 4 is 11.4 Å². The first-order chi connectivity index (χ1) is 29.5. The fraction of sp³-hybridized carbons (Fsp3) is 0.0714. The number of hydrogen-bond acceptors (Lipinski definition) is 4. The number of nitriles is 2. The molecule has 4 nitrogen and oxygen atoms in total. The van der Waals surface area contributed by atoms with Gasteiger partial charge in [0.1, 0.15) is 6.07 Å². The summed E-state index contributed by atoms with van der Waals surface area (Å²) in [5.41, 5.74) is 13.9. The van der Waals surface area contributed by atoms with Crippen molar-refractivity contribution in [3.63, 3.8) is 0 Å². The molecule has 1 aliphatic heterocycles. The molecule has 2 heterocycles. The minimum absolute atomic E-state index is 0.111. The Morgan fingerprint density at radius 3 is 1.53 bits per heavy atom. The summed E-state index contributed by atoms with van der Waals surface area (Å²) in [5, 5.41) is 21.3. The van der Waals surface area contributed by atoms with Crippen LogP contribution in [-0.2, 0) is 5.41 Å². The maximum absolute atomic E-state index is 10.7. The predicted octanol–water partition coefficient (Wildman–Crippen LogP) is 13.2. The van der Waals surface area contributed by atoms with Crippen molar-refractivity contribution in [2.75, 3.05) is 0 Å². The predicted molar refractivity (Wildman–Crippen MR) is 243 cm³/mol. The monoisotopic (exact) mass is 768 g/mol. The van der Waals surface area contributed by atoms with E-state index in [1.165, 1.54) is 0 Å². The molecule has 0 N–H and O–H groups in total. The first kappa shape index (κ1) is 37.6. The number of pyridine rings is 1. The Morgan fingerprint density at radius 2 is 0.983 bits per heavy atom. The van der Waals surface area contributed by atoms with Gasteiger partial charge >= 0.3 is 0 Å². The molecule has 7 aromatic carbocycles. The van der Waals surface area contributed by atoms with Crippen LogP contribution in [0.25, 0.3) is 39.3 Å². The molecule has 2 atom stereocenters. The summed E-state index contributed by atoms with van der Waals surface area (Å²) in [4.78, 5) is 10.3. The molecule has 2 unspecified atom stereocenters. The van der Waals surface area contributed by atoms with Gasteiger partial charge in [-0.2, -0.15) is 10.5 Å². The molecule has 1 aromatic heterocycles. The van der Waals surface area contributed by atoms with Crippen LogP contribution in [0.5, 0.6) is 0 Å². The average Bonchev–Trinajstić information content (AvgIpc) is 3.34. The van der Waals surface area contributed by atoms with Gasteiger partial charge in [0.15, 0.2) is 0 Å². The minimum Gasteiger partial charge on any atom is -0.251 e. The van der Waals surface area contributed by atoms with Crippen LogP contribution in [0.15, 0.2) is 217 Å². The number of aliphatic imine (C=N–C) groups is 1. The lowest BCUT2D eigenvalue weighted by atomic mass is 9.70. The van der Waals surface area contributed by atoms with Crippen molar-refractivity contribution in [2.45, 2.75) is 24.7 Å². The number of nitrogens with zero attached hydrogens (tertiary/aromatic N) is 4. The first-order valence-corrected chi connectivity index (χ1v) is 20.2. The summed E-state index contributed by atoms with van der Waals surface area (Å²) < 4.78 is 0. The zero-order chi connectivity index (χ0) is 40.9. The Morgan fingerprint density at radius 1 is 0.500 bits per heavy atom. The van der Waals surface area contributed by atoms with Crippen LogP contribution in [0.1, 0.15) is 58.2 Å². The SMILES string of the molecule is CC(c1ccccc1)(c1ccc(C2=C(C#N)C(c3ccccc3)CC(c3ccccc3)=N2)cc1)c1ccc(-c2nc(-c3ccccc3)cc(-c3ccccc3)c2C#N)cc1. The standard InChI is InChI=1S/C56H40N4/c1-56(45-25-15-6-16-26-45,46-31-27-43(28-32-46)54-50(37-57)48(39-17-7-2-8-18-39)35-52(59-54)41-21-11-4-12-22-41)47-33-29-44(30-34-47)55-51(38-58)49(40-19-9-3-10-20-40)36-53(60-55)42-23-13-5-14-24-42/h2-35,49H,36H2,1H3. The third-order valence-corrected chi connectivity index (χ3v) is 11.8. The van der Waals surface area contributed by atoms with Crippen LogP contribution in [0.2, 0.25) is 0 Å². The summed E-state index contributed by atoms with van der Waals surface area (Å²) in [7, 11) is 0. The lowest BCUT2D eigenvalue weighted by Crippen LogP contribution is -2.25. The molecule has 0 amide bonds. The molecule has 60 heavy (non-hydrogen) atoms. The fourth-order valence-electron chi connectivity index (χ4n) is 8.50. The molecule has 0 radical (unpaired) electrons. The Labute approximate surface area is 351 Å². The van der Waals surface area contributed by atoms with E-state index in [9.17, 15) is 10.5 Å².